The van der Waals surface area contributed by atoms with Gasteiger partial charge in [0.05, 0.1) is 0 Å². The second kappa shape index (κ2) is 68.3. The van der Waals surface area contributed by atoms with Crippen molar-refractivity contribution in [3.05, 3.63) is 72.9 Å². The fourth-order valence-corrected chi connectivity index (χ4v) is 10.3. The fourth-order valence-electron chi connectivity index (χ4n) is 10.3. The second-order valence-corrected chi connectivity index (χ2v) is 23.4. The highest BCUT2D eigenvalue weighted by molar-refractivity contribution is 5.71. The zero-order valence-electron chi connectivity index (χ0n) is 53.3. The average molecular weight is 1120 g/mol. The Morgan fingerprint density at radius 2 is 0.487 bits per heavy atom. The molecule has 0 spiro atoms. The van der Waals surface area contributed by atoms with Gasteiger partial charge in [-0.15, -0.1) is 0 Å². The van der Waals surface area contributed by atoms with Crippen molar-refractivity contribution in [3.8, 4) is 0 Å². The molecule has 0 fully saturated rings. The molecular weight excluding hydrogens is 985 g/mol. The summed E-state index contributed by atoms with van der Waals surface area (Å²) in [6.07, 6.45) is 89.3. The molecule has 0 N–H and O–H groups in total. The van der Waals surface area contributed by atoms with Gasteiger partial charge in [-0.3, -0.25) is 14.4 Å². The van der Waals surface area contributed by atoms with E-state index in [1.54, 1.807) is 0 Å². The SMILES string of the molecule is CC/C=C\C/C=C\C/C=C\C/C=C\C/C=C\C/C=C\CCCCCCCCC(=O)OC(COC(=O)CCCCCCCCCCCCC)COC(=O)CCCCCCCCCCCCCCCCCCCCCCCCCCCC. The summed E-state index contributed by atoms with van der Waals surface area (Å²) in [6, 6.07) is 0. The monoisotopic (exact) mass is 1120 g/mol. The molecule has 0 aliphatic heterocycles. The number of allylic oxidation sites excluding steroid dienone is 12. The van der Waals surface area contributed by atoms with Crippen molar-refractivity contribution in [1.29, 1.82) is 0 Å². The number of esters is 3. The summed E-state index contributed by atoms with van der Waals surface area (Å²) >= 11 is 0. The van der Waals surface area contributed by atoms with Crippen LogP contribution >= 0.6 is 0 Å². The van der Waals surface area contributed by atoms with E-state index in [0.29, 0.717) is 19.3 Å². The molecule has 464 valence electrons. The third kappa shape index (κ3) is 65.7. The number of ether oxygens (including phenoxy) is 3. The van der Waals surface area contributed by atoms with Crippen molar-refractivity contribution in [2.75, 3.05) is 13.2 Å². The van der Waals surface area contributed by atoms with Gasteiger partial charge in [-0.2, -0.15) is 0 Å². The lowest BCUT2D eigenvalue weighted by atomic mass is 10.0. The molecule has 0 aromatic heterocycles. The maximum absolute atomic E-state index is 12.9. The van der Waals surface area contributed by atoms with Crippen LogP contribution in [-0.2, 0) is 28.6 Å². The summed E-state index contributed by atoms with van der Waals surface area (Å²) in [7, 11) is 0. The van der Waals surface area contributed by atoms with Gasteiger partial charge in [0.25, 0.3) is 0 Å². The lowest BCUT2D eigenvalue weighted by molar-refractivity contribution is -0.167. The van der Waals surface area contributed by atoms with Crippen molar-refractivity contribution < 1.29 is 28.6 Å². The Balaban J connectivity index is 4.24. The van der Waals surface area contributed by atoms with Gasteiger partial charge >= 0.3 is 17.9 Å². The first-order valence-corrected chi connectivity index (χ1v) is 34.9. The van der Waals surface area contributed by atoms with Crippen LogP contribution in [0, 0.1) is 0 Å². The summed E-state index contributed by atoms with van der Waals surface area (Å²) in [4.78, 5) is 38.4. The van der Waals surface area contributed by atoms with Gasteiger partial charge in [-0.25, -0.2) is 0 Å². The predicted molar refractivity (Wildman–Crippen MR) is 348 cm³/mol. The van der Waals surface area contributed by atoms with Crippen LogP contribution in [0.5, 0.6) is 0 Å². The van der Waals surface area contributed by atoms with Crippen LogP contribution in [0.3, 0.4) is 0 Å². The number of hydrogen-bond acceptors (Lipinski definition) is 6. The van der Waals surface area contributed by atoms with Crippen molar-refractivity contribution in [3.63, 3.8) is 0 Å². The van der Waals surface area contributed by atoms with Crippen LogP contribution in [0.4, 0.5) is 0 Å². The average Bonchev–Trinajstić information content (AvgIpc) is 3.46. The quantitative estimate of drug-likeness (QED) is 0.0261. The smallest absolute Gasteiger partial charge is 0.306 e. The van der Waals surface area contributed by atoms with Crippen LogP contribution in [0.2, 0.25) is 0 Å². The molecule has 1 atom stereocenters. The van der Waals surface area contributed by atoms with E-state index in [-0.39, 0.29) is 31.1 Å². The Morgan fingerprint density at radius 1 is 0.263 bits per heavy atom. The molecular formula is C74H132O6. The number of unbranched alkanes of at least 4 members (excludes halogenated alkanes) is 41. The lowest BCUT2D eigenvalue weighted by Crippen LogP contribution is -2.30. The molecule has 80 heavy (non-hydrogen) atoms. The zero-order chi connectivity index (χ0) is 57.8. The molecule has 0 heterocycles. The number of rotatable bonds is 64. The van der Waals surface area contributed by atoms with Crippen LogP contribution in [-0.4, -0.2) is 37.2 Å². The molecule has 0 aliphatic rings. The Bertz CT molecular complexity index is 1470. The maximum Gasteiger partial charge on any atom is 0.306 e. The summed E-state index contributed by atoms with van der Waals surface area (Å²) in [5.41, 5.74) is 0. The topological polar surface area (TPSA) is 78.9 Å². The molecule has 0 bridgehead atoms. The molecule has 1 unspecified atom stereocenters. The van der Waals surface area contributed by atoms with E-state index in [9.17, 15) is 14.4 Å². The largest absolute Gasteiger partial charge is 0.462 e. The van der Waals surface area contributed by atoms with Crippen LogP contribution in [0.1, 0.15) is 361 Å². The highest BCUT2D eigenvalue weighted by atomic mass is 16.6. The van der Waals surface area contributed by atoms with E-state index in [1.165, 1.54) is 212 Å². The molecule has 0 aliphatic carbocycles. The minimum Gasteiger partial charge on any atom is -0.462 e. The number of hydrogen-bond donors (Lipinski definition) is 0. The van der Waals surface area contributed by atoms with Crippen LogP contribution < -0.4 is 0 Å². The normalized spacial score (nSPS) is 12.5. The molecule has 6 nitrogen and oxygen atoms in total. The maximum atomic E-state index is 12.9. The minimum atomic E-state index is -0.782. The van der Waals surface area contributed by atoms with Crippen molar-refractivity contribution in [2.24, 2.45) is 0 Å². The molecule has 0 amide bonds. The van der Waals surface area contributed by atoms with Gasteiger partial charge in [0.1, 0.15) is 13.2 Å². The second-order valence-electron chi connectivity index (χ2n) is 23.4. The number of carbonyl (C=O) groups excluding carboxylic acids is 3. The fraction of sp³-hybridized carbons (Fsp3) is 0.797. The van der Waals surface area contributed by atoms with E-state index in [1.807, 2.05) is 0 Å². The van der Waals surface area contributed by atoms with Crippen molar-refractivity contribution >= 4 is 17.9 Å². The molecule has 0 saturated heterocycles. The zero-order valence-corrected chi connectivity index (χ0v) is 53.3. The van der Waals surface area contributed by atoms with E-state index >= 15 is 0 Å². The number of carbonyl (C=O) groups is 3. The van der Waals surface area contributed by atoms with Gasteiger partial charge < -0.3 is 14.2 Å². The summed E-state index contributed by atoms with van der Waals surface area (Å²) in [5, 5.41) is 0. The Morgan fingerprint density at radius 3 is 0.762 bits per heavy atom. The molecule has 6 heteroatoms. The van der Waals surface area contributed by atoms with Gasteiger partial charge in [-0.05, 0) is 70.6 Å². The molecule has 0 aromatic carbocycles. The van der Waals surface area contributed by atoms with E-state index in [2.05, 4.69) is 93.7 Å². The van der Waals surface area contributed by atoms with Crippen LogP contribution in [0.15, 0.2) is 72.9 Å². The van der Waals surface area contributed by atoms with Gasteiger partial charge in [-0.1, -0.05) is 344 Å². The standard InChI is InChI=1S/C74H132O6/c1-4-7-10-13-16-19-22-24-26-28-30-32-34-36-38-39-41-43-45-47-49-52-55-58-61-64-67-73(76)79-70-71(69-78-72(75)66-63-60-57-54-51-21-18-15-12-9-6-3)80-74(77)68-65-62-59-56-53-50-48-46-44-42-40-37-35-33-31-29-27-25-23-20-17-14-11-8-5-2/h8,11,17,20,25,27,31,33,37,40,44,46,71H,4-7,9-10,12-16,18-19,21-24,26,28-30,32,34-36,38-39,41-43,45,47-70H2,1-3H3/b11-8-,20-17-,27-25-,33-31-,40-37-,46-44-. The summed E-state index contributed by atoms with van der Waals surface area (Å²) < 4.78 is 17.0. The van der Waals surface area contributed by atoms with Gasteiger partial charge in [0.15, 0.2) is 6.10 Å². The summed E-state index contributed by atoms with van der Waals surface area (Å²) in [6.45, 7) is 6.56. The van der Waals surface area contributed by atoms with Crippen molar-refractivity contribution in [2.45, 2.75) is 367 Å². The van der Waals surface area contributed by atoms with Crippen LogP contribution in [0.25, 0.3) is 0 Å². The lowest BCUT2D eigenvalue weighted by Gasteiger charge is -2.18. The van der Waals surface area contributed by atoms with E-state index < -0.39 is 6.10 Å². The van der Waals surface area contributed by atoms with Gasteiger partial charge in [0.2, 0.25) is 0 Å². The van der Waals surface area contributed by atoms with E-state index in [0.717, 1.165) is 109 Å². The molecule has 0 radical (unpaired) electrons. The summed E-state index contributed by atoms with van der Waals surface area (Å²) in [5.74, 6) is -0.872. The highest BCUT2D eigenvalue weighted by Crippen LogP contribution is 2.18. The third-order valence-electron chi connectivity index (χ3n) is 15.5. The third-order valence-corrected chi connectivity index (χ3v) is 15.5. The molecule has 0 aromatic rings. The predicted octanol–water partition coefficient (Wildman–Crippen LogP) is 24.1. The Hall–Kier alpha value is -3.15. The first-order valence-electron chi connectivity index (χ1n) is 34.9. The van der Waals surface area contributed by atoms with Crippen molar-refractivity contribution in [1.82, 2.24) is 0 Å². The minimum absolute atomic E-state index is 0.0768. The Labute approximate surface area is 497 Å². The highest BCUT2D eigenvalue weighted by Gasteiger charge is 2.19. The molecule has 0 rings (SSSR count). The first-order chi connectivity index (χ1) is 39.5. The van der Waals surface area contributed by atoms with Gasteiger partial charge in [0, 0.05) is 19.3 Å². The molecule has 0 saturated carbocycles. The van der Waals surface area contributed by atoms with E-state index in [4.69, 9.17) is 14.2 Å². The Kier molecular flexibility index (Phi) is 65.7. The first kappa shape index (κ1) is 76.9.